The predicted octanol–water partition coefficient (Wildman–Crippen LogP) is 6.59. The Bertz CT molecular complexity index is 1100. The highest BCUT2D eigenvalue weighted by molar-refractivity contribution is 5.92. The standard InChI is InChI=1S/C26H27N3/c1-18(2)9-14-24-23-17-22(19-7-5-4-6-8-19)26(29-25(23)15-16-28-24)20-10-12-21(27-3)13-11-20/h4-8,10-13,15-18,27H,9,14H2,1-3H3. The molecule has 29 heavy (non-hydrogen) atoms. The topological polar surface area (TPSA) is 37.8 Å². The van der Waals surface area contributed by atoms with Gasteiger partial charge in [-0.2, -0.15) is 0 Å². The summed E-state index contributed by atoms with van der Waals surface area (Å²) >= 11 is 0. The van der Waals surface area contributed by atoms with Crippen molar-refractivity contribution < 1.29 is 0 Å². The lowest BCUT2D eigenvalue weighted by Gasteiger charge is -2.14. The lowest BCUT2D eigenvalue weighted by molar-refractivity contribution is 0.583. The van der Waals surface area contributed by atoms with Crippen molar-refractivity contribution in [2.24, 2.45) is 5.92 Å². The van der Waals surface area contributed by atoms with E-state index in [1.807, 2.05) is 19.3 Å². The molecule has 0 radical (unpaired) electrons. The first-order valence-corrected chi connectivity index (χ1v) is 10.3. The summed E-state index contributed by atoms with van der Waals surface area (Å²) in [6.07, 6.45) is 3.99. The van der Waals surface area contributed by atoms with E-state index >= 15 is 0 Å². The van der Waals surface area contributed by atoms with Gasteiger partial charge >= 0.3 is 0 Å². The predicted molar refractivity (Wildman–Crippen MR) is 123 cm³/mol. The molecule has 0 amide bonds. The van der Waals surface area contributed by atoms with Gasteiger partial charge in [-0.3, -0.25) is 4.98 Å². The van der Waals surface area contributed by atoms with Crippen molar-refractivity contribution in [2.45, 2.75) is 26.7 Å². The van der Waals surface area contributed by atoms with Gasteiger partial charge in [0.1, 0.15) is 0 Å². The van der Waals surface area contributed by atoms with Crippen LogP contribution in [0.25, 0.3) is 33.3 Å². The number of benzene rings is 2. The average molecular weight is 382 g/mol. The minimum Gasteiger partial charge on any atom is -0.388 e. The van der Waals surface area contributed by atoms with Crippen LogP contribution in [0.5, 0.6) is 0 Å². The number of nitrogens with zero attached hydrogens (tertiary/aromatic N) is 2. The van der Waals surface area contributed by atoms with Gasteiger partial charge in [-0.15, -0.1) is 0 Å². The van der Waals surface area contributed by atoms with E-state index < -0.39 is 0 Å². The number of aryl methyl sites for hydroxylation is 1. The largest absolute Gasteiger partial charge is 0.388 e. The zero-order valence-electron chi connectivity index (χ0n) is 17.3. The molecular weight excluding hydrogens is 354 g/mol. The smallest absolute Gasteiger partial charge is 0.0788 e. The van der Waals surface area contributed by atoms with Gasteiger partial charge < -0.3 is 5.32 Å². The Labute approximate surface area is 172 Å². The van der Waals surface area contributed by atoms with E-state index in [1.165, 1.54) is 5.56 Å². The molecule has 3 heteroatoms. The van der Waals surface area contributed by atoms with Gasteiger partial charge in [-0.25, -0.2) is 4.98 Å². The Balaban J connectivity index is 1.91. The van der Waals surface area contributed by atoms with Crippen LogP contribution in [0.1, 0.15) is 26.0 Å². The summed E-state index contributed by atoms with van der Waals surface area (Å²) in [7, 11) is 1.93. The lowest BCUT2D eigenvalue weighted by Crippen LogP contribution is -1.99. The Morgan fingerprint density at radius 2 is 1.66 bits per heavy atom. The van der Waals surface area contributed by atoms with E-state index in [2.05, 4.69) is 79.8 Å². The second-order valence-corrected chi connectivity index (χ2v) is 7.83. The third-order valence-corrected chi connectivity index (χ3v) is 5.32. The highest BCUT2D eigenvalue weighted by Gasteiger charge is 2.14. The quantitative estimate of drug-likeness (QED) is 0.409. The van der Waals surface area contributed by atoms with Crippen molar-refractivity contribution >= 4 is 16.6 Å². The highest BCUT2D eigenvalue weighted by atomic mass is 14.8. The third kappa shape index (κ3) is 4.14. The van der Waals surface area contributed by atoms with Crippen molar-refractivity contribution in [3.63, 3.8) is 0 Å². The Kier molecular flexibility index (Phi) is 5.57. The zero-order chi connectivity index (χ0) is 20.2. The van der Waals surface area contributed by atoms with E-state index in [0.29, 0.717) is 5.92 Å². The fourth-order valence-electron chi connectivity index (χ4n) is 3.63. The second kappa shape index (κ2) is 8.44. The number of nitrogens with one attached hydrogen (secondary N) is 1. The molecule has 2 heterocycles. The van der Waals surface area contributed by atoms with Crippen molar-refractivity contribution in [1.29, 1.82) is 0 Å². The summed E-state index contributed by atoms with van der Waals surface area (Å²) in [5.41, 5.74) is 7.68. The fraction of sp³-hybridized carbons (Fsp3) is 0.231. The van der Waals surface area contributed by atoms with E-state index in [0.717, 1.165) is 51.9 Å². The Hall–Kier alpha value is -3.20. The number of aromatic nitrogens is 2. The first-order valence-electron chi connectivity index (χ1n) is 10.3. The first kappa shape index (κ1) is 19.1. The molecule has 0 bridgehead atoms. The summed E-state index contributed by atoms with van der Waals surface area (Å²) < 4.78 is 0. The van der Waals surface area contributed by atoms with Gasteiger partial charge in [0.25, 0.3) is 0 Å². The van der Waals surface area contributed by atoms with Gasteiger partial charge in [-0.1, -0.05) is 56.3 Å². The molecule has 2 aromatic carbocycles. The van der Waals surface area contributed by atoms with Gasteiger partial charge in [0, 0.05) is 41.1 Å². The van der Waals surface area contributed by atoms with Crippen LogP contribution < -0.4 is 5.32 Å². The summed E-state index contributed by atoms with van der Waals surface area (Å²) in [5, 5.41) is 4.34. The molecule has 0 atom stereocenters. The molecule has 0 unspecified atom stereocenters. The maximum atomic E-state index is 5.10. The minimum atomic E-state index is 0.651. The maximum absolute atomic E-state index is 5.10. The van der Waals surface area contributed by atoms with Crippen LogP contribution in [0.3, 0.4) is 0 Å². The highest BCUT2D eigenvalue weighted by Crippen LogP contribution is 2.34. The van der Waals surface area contributed by atoms with Gasteiger partial charge in [0.2, 0.25) is 0 Å². The molecule has 0 saturated heterocycles. The zero-order valence-corrected chi connectivity index (χ0v) is 17.3. The van der Waals surface area contributed by atoms with E-state index in [9.17, 15) is 0 Å². The molecule has 0 saturated carbocycles. The average Bonchev–Trinajstić information content (AvgIpc) is 2.77. The Morgan fingerprint density at radius 1 is 0.897 bits per heavy atom. The first-order chi connectivity index (χ1) is 14.2. The van der Waals surface area contributed by atoms with Gasteiger partial charge in [-0.05, 0) is 48.6 Å². The summed E-state index contributed by atoms with van der Waals surface area (Å²) in [4.78, 5) is 9.80. The number of hydrogen-bond donors (Lipinski definition) is 1. The van der Waals surface area contributed by atoms with E-state index in [4.69, 9.17) is 9.97 Å². The molecule has 4 rings (SSSR count). The van der Waals surface area contributed by atoms with Crippen molar-refractivity contribution in [2.75, 3.05) is 12.4 Å². The fourth-order valence-corrected chi connectivity index (χ4v) is 3.63. The van der Waals surface area contributed by atoms with Crippen LogP contribution in [0.15, 0.2) is 72.9 Å². The molecule has 0 fully saturated rings. The van der Waals surface area contributed by atoms with Crippen LogP contribution in [0.2, 0.25) is 0 Å². The SMILES string of the molecule is CNc1ccc(-c2nc3ccnc(CCC(C)C)c3cc2-c2ccccc2)cc1. The lowest BCUT2D eigenvalue weighted by atomic mass is 9.96. The molecule has 4 aromatic rings. The number of fused-ring (bicyclic) bond motifs is 1. The van der Waals surface area contributed by atoms with Crippen LogP contribution in [0.4, 0.5) is 5.69 Å². The van der Waals surface area contributed by atoms with Crippen molar-refractivity contribution in [3.8, 4) is 22.4 Å². The van der Waals surface area contributed by atoms with Gasteiger partial charge in [0.05, 0.1) is 11.2 Å². The molecule has 1 N–H and O–H groups in total. The monoisotopic (exact) mass is 381 g/mol. The summed E-state index contributed by atoms with van der Waals surface area (Å²) in [6, 6.07) is 23.3. The molecule has 0 aliphatic rings. The number of hydrogen-bond acceptors (Lipinski definition) is 3. The summed E-state index contributed by atoms with van der Waals surface area (Å²) in [6.45, 7) is 4.51. The number of pyridine rings is 2. The van der Waals surface area contributed by atoms with E-state index in [1.54, 1.807) is 0 Å². The normalized spacial score (nSPS) is 11.2. The molecule has 146 valence electrons. The summed E-state index contributed by atoms with van der Waals surface area (Å²) in [5.74, 6) is 0.651. The minimum absolute atomic E-state index is 0.651. The van der Waals surface area contributed by atoms with Gasteiger partial charge in [0.15, 0.2) is 0 Å². The van der Waals surface area contributed by atoms with Crippen LogP contribution in [-0.4, -0.2) is 17.0 Å². The molecule has 0 aliphatic carbocycles. The molecule has 0 spiro atoms. The van der Waals surface area contributed by atoms with Crippen LogP contribution >= 0.6 is 0 Å². The molecular formula is C26H27N3. The number of anilines is 1. The van der Waals surface area contributed by atoms with E-state index in [-0.39, 0.29) is 0 Å². The van der Waals surface area contributed by atoms with Crippen LogP contribution in [-0.2, 0) is 6.42 Å². The molecule has 0 aliphatic heterocycles. The molecule has 2 aromatic heterocycles. The second-order valence-electron chi connectivity index (χ2n) is 7.83. The third-order valence-electron chi connectivity index (χ3n) is 5.32. The Morgan fingerprint density at radius 3 is 2.34 bits per heavy atom. The number of rotatable bonds is 6. The van der Waals surface area contributed by atoms with Crippen LogP contribution in [0, 0.1) is 5.92 Å². The van der Waals surface area contributed by atoms with Crippen molar-refractivity contribution in [1.82, 2.24) is 9.97 Å². The molecule has 3 nitrogen and oxygen atoms in total. The van der Waals surface area contributed by atoms with Crippen molar-refractivity contribution in [3.05, 3.63) is 78.6 Å². The maximum Gasteiger partial charge on any atom is 0.0788 e.